The lowest BCUT2D eigenvalue weighted by molar-refractivity contribution is -0.120. The number of benzene rings is 3. The first-order valence-corrected chi connectivity index (χ1v) is 12.0. The number of hydrazone groups is 1. The molecule has 36 heavy (non-hydrogen) atoms. The molecule has 0 aliphatic rings. The van der Waals surface area contributed by atoms with Crippen molar-refractivity contribution < 1.29 is 28.6 Å². The van der Waals surface area contributed by atoms with E-state index < -0.39 is 17.8 Å². The van der Waals surface area contributed by atoms with Crippen molar-refractivity contribution in [1.82, 2.24) is 10.7 Å². The third kappa shape index (κ3) is 7.40. The van der Waals surface area contributed by atoms with Crippen molar-refractivity contribution in [2.75, 3.05) is 20.8 Å². The zero-order valence-electron chi connectivity index (χ0n) is 19.2. The van der Waals surface area contributed by atoms with Crippen LogP contribution in [0.3, 0.4) is 0 Å². The van der Waals surface area contributed by atoms with Crippen LogP contribution >= 0.6 is 31.9 Å². The van der Waals surface area contributed by atoms with Gasteiger partial charge < -0.3 is 19.5 Å². The van der Waals surface area contributed by atoms with E-state index in [0.717, 1.165) is 4.47 Å². The van der Waals surface area contributed by atoms with Crippen molar-refractivity contribution in [3.63, 3.8) is 0 Å². The lowest BCUT2D eigenvalue weighted by Gasteiger charge is -2.11. The smallest absolute Gasteiger partial charge is 0.343 e. The molecule has 0 saturated heterocycles. The van der Waals surface area contributed by atoms with Crippen LogP contribution in [0.4, 0.5) is 0 Å². The van der Waals surface area contributed by atoms with Gasteiger partial charge in [-0.15, -0.1) is 0 Å². The first-order valence-electron chi connectivity index (χ1n) is 10.4. The quantitative estimate of drug-likeness (QED) is 0.160. The van der Waals surface area contributed by atoms with Crippen molar-refractivity contribution in [3.8, 4) is 17.2 Å². The molecule has 0 aromatic heterocycles. The van der Waals surface area contributed by atoms with Crippen LogP contribution in [0.2, 0.25) is 0 Å². The molecule has 0 saturated carbocycles. The highest BCUT2D eigenvalue weighted by molar-refractivity contribution is 9.10. The van der Waals surface area contributed by atoms with Crippen LogP contribution in [-0.2, 0) is 4.79 Å². The highest BCUT2D eigenvalue weighted by Crippen LogP contribution is 2.29. The molecule has 0 bridgehead atoms. The maximum Gasteiger partial charge on any atom is 0.343 e. The fraction of sp³-hybridized carbons (Fsp3) is 0.120. The van der Waals surface area contributed by atoms with Gasteiger partial charge in [0.1, 0.15) is 5.75 Å². The molecule has 0 aliphatic carbocycles. The Labute approximate surface area is 224 Å². The molecule has 0 radical (unpaired) electrons. The van der Waals surface area contributed by atoms with Gasteiger partial charge in [-0.3, -0.25) is 9.59 Å². The Balaban J connectivity index is 1.63. The third-order valence-electron chi connectivity index (χ3n) is 4.68. The van der Waals surface area contributed by atoms with E-state index in [1.54, 1.807) is 54.6 Å². The molecule has 0 aliphatic heterocycles. The van der Waals surface area contributed by atoms with Crippen molar-refractivity contribution in [2.24, 2.45) is 5.10 Å². The van der Waals surface area contributed by atoms with Gasteiger partial charge >= 0.3 is 5.97 Å². The van der Waals surface area contributed by atoms with E-state index in [2.05, 4.69) is 47.7 Å². The summed E-state index contributed by atoms with van der Waals surface area (Å²) in [5, 5.41) is 6.42. The van der Waals surface area contributed by atoms with Crippen LogP contribution in [0.25, 0.3) is 0 Å². The van der Waals surface area contributed by atoms with Crippen molar-refractivity contribution in [2.45, 2.75) is 0 Å². The second kappa shape index (κ2) is 12.8. The van der Waals surface area contributed by atoms with E-state index in [1.807, 2.05) is 0 Å². The Morgan fingerprint density at radius 2 is 1.58 bits per heavy atom. The monoisotopic (exact) mass is 617 g/mol. The number of rotatable bonds is 9. The van der Waals surface area contributed by atoms with Crippen LogP contribution in [-0.4, -0.2) is 44.8 Å². The summed E-state index contributed by atoms with van der Waals surface area (Å²) in [7, 11) is 2.97. The summed E-state index contributed by atoms with van der Waals surface area (Å²) in [5.41, 5.74) is 3.43. The van der Waals surface area contributed by atoms with E-state index in [9.17, 15) is 14.4 Å². The molecule has 0 spiro atoms. The van der Waals surface area contributed by atoms with E-state index in [4.69, 9.17) is 14.2 Å². The van der Waals surface area contributed by atoms with E-state index in [-0.39, 0.29) is 17.9 Å². The molecule has 3 aromatic rings. The number of ether oxygens (including phenoxy) is 3. The average Bonchev–Trinajstić information content (AvgIpc) is 2.88. The molecule has 9 nitrogen and oxygen atoms in total. The third-order valence-corrected chi connectivity index (χ3v) is 5.67. The van der Waals surface area contributed by atoms with Crippen LogP contribution < -0.4 is 25.0 Å². The number of nitrogens with zero attached hydrogens (tertiary/aromatic N) is 1. The summed E-state index contributed by atoms with van der Waals surface area (Å²) in [6, 6.07) is 16.4. The summed E-state index contributed by atoms with van der Waals surface area (Å²) in [6.45, 7) is -0.275. The Morgan fingerprint density at radius 3 is 2.31 bits per heavy atom. The Morgan fingerprint density at radius 1 is 0.861 bits per heavy atom. The van der Waals surface area contributed by atoms with Crippen LogP contribution in [0.5, 0.6) is 17.2 Å². The van der Waals surface area contributed by atoms with Gasteiger partial charge in [0.05, 0.1) is 32.5 Å². The Bertz CT molecular complexity index is 1310. The maximum absolute atomic E-state index is 12.7. The zero-order valence-corrected chi connectivity index (χ0v) is 22.4. The molecule has 0 heterocycles. The van der Waals surface area contributed by atoms with E-state index in [0.29, 0.717) is 27.1 Å². The number of nitrogens with one attached hydrogen (secondary N) is 2. The van der Waals surface area contributed by atoms with Crippen molar-refractivity contribution in [3.05, 3.63) is 86.3 Å². The SMILES string of the molecule is COc1ccc(C(=O)Oc2ccc(Br)cc2/C=N/NC(=O)CNC(=O)c2cccc(Br)c2)cc1OC. The predicted molar refractivity (Wildman–Crippen MR) is 141 cm³/mol. The Hall–Kier alpha value is -3.70. The van der Waals surface area contributed by atoms with E-state index in [1.165, 1.54) is 26.5 Å². The van der Waals surface area contributed by atoms with Gasteiger partial charge in [-0.25, -0.2) is 10.2 Å². The molecule has 3 rings (SSSR count). The molecule has 186 valence electrons. The number of carbonyl (C=O) groups is 3. The highest BCUT2D eigenvalue weighted by atomic mass is 79.9. The topological polar surface area (TPSA) is 115 Å². The summed E-state index contributed by atoms with van der Waals surface area (Å²) in [4.78, 5) is 37.0. The zero-order chi connectivity index (χ0) is 26.1. The van der Waals surface area contributed by atoms with Crippen LogP contribution in [0.15, 0.2) is 74.7 Å². The van der Waals surface area contributed by atoms with Gasteiger partial charge in [0.2, 0.25) is 0 Å². The summed E-state index contributed by atoms with van der Waals surface area (Å²) in [5.74, 6) is -0.459. The molecule has 0 fully saturated rings. The minimum Gasteiger partial charge on any atom is -0.493 e. The lowest BCUT2D eigenvalue weighted by atomic mass is 10.2. The van der Waals surface area contributed by atoms with Gasteiger partial charge in [-0.2, -0.15) is 5.10 Å². The number of amides is 2. The van der Waals surface area contributed by atoms with Crippen LogP contribution in [0, 0.1) is 0 Å². The molecular weight excluding hydrogens is 598 g/mol. The fourth-order valence-corrected chi connectivity index (χ4v) is 3.72. The van der Waals surface area contributed by atoms with Gasteiger partial charge in [0, 0.05) is 20.1 Å². The first kappa shape index (κ1) is 26.9. The number of esters is 1. The molecule has 0 atom stereocenters. The first-order chi connectivity index (χ1) is 17.3. The second-order valence-electron chi connectivity index (χ2n) is 7.13. The molecule has 11 heteroatoms. The highest BCUT2D eigenvalue weighted by Gasteiger charge is 2.15. The lowest BCUT2D eigenvalue weighted by Crippen LogP contribution is -2.34. The number of hydrogen-bond donors (Lipinski definition) is 2. The van der Waals surface area contributed by atoms with Gasteiger partial charge in [-0.1, -0.05) is 37.9 Å². The summed E-state index contributed by atoms with van der Waals surface area (Å²) in [6.07, 6.45) is 1.33. The van der Waals surface area contributed by atoms with Crippen LogP contribution in [0.1, 0.15) is 26.3 Å². The maximum atomic E-state index is 12.7. The van der Waals surface area contributed by atoms with E-state index >= 15 is 0 Å². The minimum atomic E-state index is -0.618. The largest absolute Gasteiger partial charge is 0.493 e. The minimum absolute atomic E-state index is 0.221. The van der Waals surface area contributed by atoms with Gasteiger partial charge in [0.15, 0.2) is 11.5 Å². The standard InChI is InChI=1S/C25H21Br2N3O6/c1-34-21-8-6-16(12-22(21)35-2)25(33)36-20-9-7-19(27)11-17(20)13-29-30-23(31)14-28-24(32)15-4-3-5-18(26)10-15/h3-13H,14H2,1-2H3,(H,28,32)(H,30,31)/b29-13+. The summed E-state index contributed by atoms with van der Waals surface area (Å²) < 4.78 is 17.4. The number of methoxy groups -OCH3 is 2. The number of halogens is 2. The molecule has 2 N–H and O–H groups in total. The predicted octanol–water partition coefficient (Wildman–Crippen LogP) is 4.33. The molecule has 3 aromatic carbocycles. The molecule has 0 unspecified atom stereocenters. The average molecular weight is 619 g/mol. The number of carbonyl (C=O) groups excluding carboxylic acids is 3. The molecular formula is C25H21Br2N3O6. The van der Waals surface area contributed by atoms with Gasteiger partial charge in [0.25, 0.3) is 11.8 Å². The fourth-order valence-electron chi connectivity index (χ4n) is 2.94. The van der Waals surface area contributed by atoms with Crippen molar-refractivity contribution >= 4 is 55.9 Å². The normalized spacial score (nSPS) is 10.6. The number of hydrogen-bond acceptors (Lipinski definition) is 7. The summed E-state index contributed by atoms with van der Waals surface area (Å²) >= 11 is 6.65. The van der Waals surface area contributed by atoms with Crippen molar-refractivity contribution in [1.29, 1.82) is 0 Å². The molecule has 2 amide bonds. The van der Waals surface area contributed by atoms with Gasteiger partial charge in [-0.05, 0) is 54.6 Å². The second-order valence-corrected chi connectivity index (χ2v) is 8.96. The Kier molecular flexibility index (Phi) is 9.60.